The number of rotatable bonds is 8. The smallest absolute Gasteiger partial charge is 0.232 e. The van der Waals surface area contributed by atoms with E-state index in [9.17, 15) is 4.79 Å². The SMILES string of the molecule is CC[N+](C)(CC)CCC(C(N)=O)(c1ccccc1)c1ccccc1. The summed E-state index contributed by atoms with van der Waals surface area (Å²) in [5, 5.41) is 0. The van der Waals surface area contributed by atoms with Gasteiger partial charge in [-0.3, -0.25) is 4.79 Å². The van der Waals surface area contributed by atoms with Gasteiger partial charge >= 0.3 is 0 Å². The number of hydrogen-bond acceptors (Lipinski definition) is 1. The van der Waals surface area contributed by atoms with Crippen LogP contribution in [0.1, 0.15) is 31.4 Å². The molecule has 0 aliphatic heterocycles. The number of nitrogens with two attached hydrogens (primary N) is 1. The van der Waals surface area contributed by atoms with Crippen LogP contribution in [0, 0.1) is 0 Å². The quantitative estimate of drug-likeness (QED) is 0.743. The lowest BCUT2D eigenvalue weighted by molar-refractivity contribution is -0.906. The Morgan fingerprint density at radius 2 is 1.33 bits per heavy atom. The number of nitrogens with zero attached hydrogens (tertiary/aromatic N) is 1. The summed E-state index contributed by atoms with van der Waals surface area (Å²) in [5.41, 5.74) is 7.17. The van der Waals surface area contributed by atoms with Crippen LogP contribution in [0.3, 0.4) is 0 Å². The van der Waals surface area contributed by atoms with Crippen LogP contribution in [0.4, 0.5) is 0 Å². The second-order valence-corrected chi connectivity index (χ2v) is 6.73. The number of benzene rings is 2. The Labute approximate surface area is 145 Å². The molecule has 0 aliphatic rings. The van der Waals surface area contributed by atoms with E-state index < -0.39 is 5.41 Å². The normalized spacial score (nSPS) is 12.1. The fourth-order valence-electron chi connectivity index (χ4n) is 3.29. The van der Waals surface area contributed by atoms with Gasteiger partial charge in [0.1, 0.15) is 5.41 Å². The van der Waals surface area contributed by atoms with Crippen molar-refractivity contribution in [2.24, 2.45) is 5.73 Å². The minimum Gasteiger partial charge on any atom is -0.369 e. The topological polar surface area (TPSA) is 43.1 Å². The molecule has 0 spiro atoms. The number of primary amides is 1. The summed E-state index contributed by atoms with van der Waals surface area (Å²) in [6.07, 6.45) is 0.703. The molecule has 3 nitrogen and oxygen atoms in total. The van der Waals surface area contributed by atoms with Gasteiger partial charge in [0.05, 0.1) is 26.7 Å². The van der Waals surface area contributed by atoms with Gasteiger partial charge < -0.3 is 10.2 Å². The Balaban J connectivity index is 2.54. The summed E-state index contributed by atoms with van der Waals surface area (Å²) in [6, 6.07) is 19.9. The van der Waals surface area contributed by atoms with Crippen LogP contribution in [-0.4, -0.2) is 37.1 Å². The molecule has 3 heteroatoms. The molecular weight excluding hydrogens is 296 g/mol. The Bertz CT molecular complexity index is 609. The van der Waals surface area contributed by atoms with Crippen molar-refractivity contribution in [3.8, 4) is 0 Å². The van der Waals surface area contributed by atoms with E-state index in [1.54, 1.807) is 0 Å². The Kier molecular flexibility index (Phi) is 5.79. The monoisotopic (exact) mass is 325 g/mol. The predicted molar refractivity (Wildman–Crippen MR) is 99.6 cm³/mol. The molecule has 24 heavy (non-hydrogen) atoms. The second-order valence-electron chi connectivity index (χ2n) is 6.73. The van der Waals surface area contributed by atoms with E-state index in [1.165, 1.54) is 0 Å². The molecule has 2 aromatic rings. The first-order valence-corrected chi connectivity index (χ1v) is 8.73. The highest BCUT2D eigenvalue weighted by Crippen LogP contribution is 2.36. The lowest BCUT2D eigenvalue weighted by atomic mass is 9.71. The van der Waals surface area contributed by atoms with E-state index in [1.807, 2.05) is 60.7 Å². The van der Waals surface area contributed by atoms with Gasteiger partial charge in [-0.25, -0.2) is 0 Å². The molecule has 0 aromatic heterocycles. The third-order valence-corrected chi connectivity index (χ3v) is 5.51. The van der Waals surface area contributed by atoms with Crippen LogP contribution < -0.4 is 5.73 Å². The van der Waals surface area contributed by atoms with Gasteiger partial charge in [-0.05, 0) is 25.0 Å². The molecule has 0 bridgehead atoms. The molecule has 0 fully saturated rings. The van der Waals surface area contributed by atoms with Crippen molar-refractivity contribution < 1.29 is 9.28 Å². The molecule has 0 radical (unpaired) electrons. The van der Waals surface area contributed by atoms with Crippen molar-refractivity contribution in [3.63, 3.8) is 0 Å². The summed E-state index contributed by atoms with van der Waals surface area (Å²) in [4.78, 5) is 12.7. The highest BCUT2D eigenvalue weighted by atomic mass is 16.1. The Hall–Kier alpha value is -2.13. The molecule has 0 aliphatic carbocycles. The standard InChI is InChI=1S/C21H28N2O/c1-4-23(3,5-2)17-16-21(20(22)24,18-12-8-6-9-13-18)19-14-10-7-11-15-19/h6-15H,4-5,16-17H2,1-3H3,(H-,22,24)/p+1. The lowest BCUT2D eigenvalue weighted by Crippen LogP contribution is -2.50. The first kappa shape index (κ1) is 18.2. The molecule has 0 saturated carbocycles. The van der Waals surface area contributed by atoms with Gasteiger partial charge in [-0.15, -0.1) is 0 Å². The van der Waals surface area contributed by atoms with Gasteiger partial charge in [-0.1, -0.05) is 60.7 Å². The molecule has 2 aromatic carbocycles. The van der Waals surface area contributed by atoms with Crippen LogP contribution >= 0.6 is 0 Å². The molecule has 2 N–H and O–H groups in total. The van der Waals surface area contributed by atoms with Gasteiger partial charge in [-0.2, -0.15) is 0 Å². The van der Waals surface area contributed by atoms with Crippen LogP contribution in [0.2, 0.25) is 0 Å². The van der Waals surface area contributed by atoms with Crippen molar-refractivity contribution in [3.05, 3.63) is 71.8 Å². The van der Waals surface area contributed by atoms with Crippen LogP contribution in [0.15, 0.2) is 60.7 Å². The molecule has 1 amide bonds. The first-order chi connectivity index (χ1) is 11.5. The van der Waals surface area contributed by atoms with Gasteiger partial charge in [0, 0.05) is 6.42 Å². The Morgan fingerprint density at radius 3 is 1.67 bits per heavy atom. The largest absolute Gasteiger partial charge is 0.369 e. The van der Waals surface area contributed by atoms with Crippen molar-refractivity contribution in [1.29, 1.82) is 0 Å². The molecule has 2 rings (SSSR count). The number of amides is 1. The maximum atomic E-state index is 12.7. The highest BCUT2D eigenvalue weighted by molar-refractivity contribution is 5.90. The van der Waals surface area contributed by atoms with E-state index >= 15 is 0 Å². The highest BCUT2D eigenvalue weighted by Gasteiger charge is 2.42. The molecule has 0 unspecified atom stereocenters. The number of carbonyl (C=O) groups is 1. The Morgan fingerprint density at radius 1 is 0.917 bits per heavy atom. The molecule has 0 heterocycles. The maximum Gasteiger partial charge on any atom is 0.232 e. The van der Waals surface area contributed by atoms with Crippen molar-refractivity contribution >= 4 is 5.91 Å². The van der Waals surface area contributed by atoms with Crippen LogP contribution in [0.25, 0.3) is 0 Å². The summed E-state index contributed by atoms with van der Waals surface area (Å²) in [6.45, 7) is 7.37. The van der Waals surface area contributed by atoms with Crippen LogP contribution in [0.5, 0.6) is 0 Å². The first-order valence-electron chi connectivity index (χ1n) is 8.73. The average molecular weight is 325 g/mol. The van der Waals surface area contributed by atoms with Gasteiger partial charge in [0.25, 0.3) is 0 Å². The number of carbonyl (C=O) groups excluding carboxylic acids is 1. The minimum absolute atomic E-state index is 0.279. The minimum atomic E-state index is -0.785. The molecular formula is C21H29N2O+. The number of quaternary nitrogens is 1. The predicted octanol–water partition coefficient (Wildman–Crippen LogP) is 3.33. The number of hydrogen-bond donors (Lipinski definition) is 1. The molecule has 0 atom stereocenters. The van der Waals surface area contributed by atoms with Crippen LogP contribution in [-0.2, 0) is 10.2 Å². The van der Waals surface area contributed by atoms with Crippen molar-refractivity contribution in [1.82, 2.24) is 0 Å². The zero-order valence-electron chi connectivity index (χ0n) is 15.0. The van der Waals surface area contributed by atoms with Gasteiger partial charge in [0.15, 0.2) is 0 Å². The molecule has 128 valence electrons. The van der Waals surface area contributed by atoms with E-state index in [2.05, 4.69) is 20.9 Å². The van der Waals surface area contributed by atoms with Crippen molar-refractivity contribution in [2.45, 2.75) is 25.7 Å². The second kappa shape index (κ2) is 7.63. The third-order valence-electron chi connectivity index (χ3n) is 5.51. The van der Waals surface area contributed by atoms with E-state index in [0.717, 1.165) is 35.2 Å². The van der Waals surface area contributed by atoms with E-state index in [0.29, 0.717) is 6.42 Å². The lowest BCUT2D eigenvalue weighted by Gasteiger charge is -2.38. The molecule has 0 saturated heterocycles. The average Bonchev–Trinajstić information content (AvgIpc) is 2.63. The fraction of sp³-hybridized carbons (Fsp3) is 0.381. The third kappa shape index (κ3) is 3.51. The fourth-order valence-corrected chi connectivity index (χ4v) is 3.29. The van der Waals surface area contributed by atoms with E-state index in [-0.39, 0.29) is 5.91 Å². The van der Waals surface area contributed by atoms with E-state index in [4.69, 9.17) is 5.73 Å². The zero-order chi connectivity index (χ0) is 17.6. The summed E-state index contributed by atoms with van der Waals surface area (Å²) >= 11 is 0. The van der Waals surface area contributed by atoms with Gasteiger partial charge in [0.2, 0.25) is 5.91 Å². The summed E-state index contributed by atoms with van der Waals surface area (Å²) in [5.74, 6) is -0.279. The summed E-state index contributed by atoms with van der Waals surface area (Å²) in [7, 11) is 2.24. The van der Waals surface area contributed by atoms with Crippen molar-refractivity contribution in [2.75, 3.05) is 26.7 Å². The zero-order valence-corrected chi connectivity index (χ0v) is 15.0. The summed E-state index contributed by atoms with van der Waals surface area (Å²) < 4.78 is 0.925. The maximum absolute atomic E-state index is 12.7.